The fourth-order valence-electron chi connectivity index (χ4n) is 3.42. The molecule has 0 spiro atoms. The van der Waals surface area contributed by atoms with E-state index in [1.54, 1.807) is 30.1 Å². The van der Waals surface area contributed by atoms with Crippen molar-refractivity contribution in [3.05, 3.63) is 46.8 Å². The monoisotopic (exact) mass is 390 g/mol. The number of amides is 1. The number of carbonyl (C=O) groups is 1. The van der Waals surface area contributed by atoms with Gasteiger partial charge in [-0.05, 0) is 55.9 Å². The highest BCUT2D eigenvalue weighted by atomic mass is 32.2. The summed E-state index contributed by atoms with van der Waals surface area (Å²) >= 11 is 0. The fraction of sp³-hybridized carbons (Fsp3) is 0.474. The third kappa shape index (κ3) is 4.50. The number of fused-ring (bicyclic) bond motifs is 1. The second-order valence-corrected chi connectivity index (χ2v) is 9.10. The van der Waals surface area contributed by atoms with E-state index >= 15 is 0 Å². The molecule has 1 aromatic carbocycles. The van der Waals surface area contributed by atoms with Gasteiger partial charge in [-0.15, -0.1) is 0 Å². The maximum Gasteiger partial charge on any atom is 0.243 e. The van der Waals surface area contributed by atoms with Gasteiger partial charge in [-0.25, -0.2) is 8.42 Å². The van der Waals surface area contributed by atoms with Gasteiger partial charge in [0.05, 0.1) is 24.2 Å². The number of sulfonamides is 1. The van der Waals surface area contributed by atoms with Crippen molar-refractivity contribution in [1.82, 2.24) is 15.1 Å². The van der Waals surface area contributed by atoms with E-state index in [0.717, 1.165) is 53.2 Å². The molecule has 1 aromatic heterocycles. The Labute approximate surface area is 160 Å². The average molecular weight is 391 g/mol. The third-order valence-corrected chi connectivity index (χ3v) is 6.06. The molecular weight excluding hydrogens is 364 g/mol. The standard InChI is InChI=1S/C19H26N4O3S/c1-14-7-6-8-15(11-14)23(27(3,25)26)13-19(24)22(2)12-18-16-9-4-5-10-17(16)20-21-18/h6-8,11H,4-5,9-10,12-13H2,1-3H3,(H,20,21). The van der Waals surface area contributed by atoms with Gasteiger partial charge in [0.15, 0.2) is 0 Å². The molecule has 1 N–H and O–H groups in total. The van der Waals surface area contributed by atoms with Gasteiger partial charge in [-0.1, -0.05) is 12.1 Å². The number of hydrogen-bond acceptors (Lipinski definition) is 4. The van der Waals surface area contributed by atoms with Crippen molar-refractivity contribution in [3.8, 4) is 0 Å². The van der Waals surface area contributed by atoms with Crippen molar-refractivity contribution in [3.63, 3.8) is 0 Å². The lowest BCUT2D eigenvalue weighted by molar-refractivity contribution is -0.128. The molecule has 0 bridgehead atoms. The quantitative estimate of drug-likeness (QED) is 0.818. The molecule has 7 nitrogen and oxygen atoms in total. The number of hydrogen-bond donors (Lipinski definition) is 1. The van der Waals surface area contributed by atoms with E-state index < -0.39 is 10.0 Å². The number of nitrogens with zero attached hydrogens (tertiary/aromatic N) is 3. The SMILES string of the molecule is Cc1cccc(N(CC(=O)N(C)Cc2n[nH]c3c2CCCC3)S(C)(=O)=O)c1. The molecule has 0 atom stereocenters. The summed E-state index contributed by atoms with van der Waals surface area (Å²) in [5.74, 6) is -0.269. The first-order chi connectivity index (χ1) is 12.8. The maximum absolute atomic E-state index is 12.7. The highest BCUT2D eigenvalue weighted by Gasteiger charge is 2.24. The first kappa shape index (κ1) is 19.4. The second-order valence-electron chi connectivity index (χ2n) is 7.19. The lowest BCUT2D eigenvalue weighted by Crippen LogP contribution is -2.41. The van der Waals surface area contributed by atoms with E-state index in [4.69, 9.17) is 0 Å². The van der Waals surface area contributed by atoms with Crippen LogP contribution >= 0.6 is 0 Å². The maximum atomic E-state index is 12.7. The second kappa shape index (κ2) is 7.72. The van der Waals surface area contributed by atoms with Crippen molar-refractivity contribution >= 4 is 21.6 Å². The zero-order valence-corrected chi connectivity index (χ0v) is 16.8. The summed E-state index contributed by atoms with van der Waals surface area (Å²) < 4.78 is 25.6. The molecule has 1 aliphatic rings. The summed E-state index contributed by atoms with van der Waals surface area (Å²) in [4.78, 5) is 14.3. The lowest BCUT2D eigenvalue weighted by atomic mass is 9.96. The largest absolute Gasteiger partial charge is 0.338 e. The summed E-state index contributed by atoms with van der Waals surface area (Å²) in [6.45, 7) is 2.03. The fourth-order valence-corrected chi connectivity index (χ4v) is 4.26. The zero-order valence-electron chi connectivity index (χ0n) is 16.0. The van der Waals surface area contributed by atoms with E-state index in [1.165, 1.54) is 5.56 Å². The molecule has 0 saturated heterocycles. The van der Waals surface area contributed by atoms with Crippen LogP contribution in [0.25, 0.3) is 0 Å². The summed E-state index contributed by atoms with van der Waals surface area (Å²) in [5.41, 5.74) is 4.68. The summed E-state index contributed by atoms with van der Waals surface area (Å²) in [6.07, 6.45) is 5.37. The average Bonchev–Trinajstić information content (AvgIpc) is 3.01. The smallest absolute Gasteiger partial charge is 0.243 e. The first-order valence-electron chi connectivity index (χ1n) is 9.09. The van der Waals surface area contributed by atoms with Crippen molar-refractivity contribution in [1.29, 1.82) is 0 Å². The Hall–Kier alpha value is -2.35. The highest BCUT2D eigenvalue weighted by molar-refractivity contribution is 7.92. The Balaban J connectivity index is 1.74. The molecule has 0 aliphatic heterocycles. The number of anilines is 1. The van der Waals surface area contributed by atoms with Crippen LogP contribution < -0.4 is 4.31 Å². The number of aromatic amines is 1. The highest BCUT2D eigenvalue weighted by Crippen LogP contribution is 2.23. The number of aromatic nitrogens is 2. The minimum Gasteiger partial charge on any atom is -0.338 e. The van der Waals surface area contributed by atoms with Gasteiger partial charge in [-0.2, -0.15) is 5.10 Å². The van der Waals surface area contributed by atoms with E-state index in [0.29, 0.717) is 12.2 Å². The van der Waals surface area contributed by atoms with Gasteiger partial charge in [0.2, 0.25) is 15.9 Å². The normalized spacial score (nSPS) is 13.9. The molecule has 146 valence electrons. The predicted octanol–water partition coefficient (Wildman–Crippen LogP) is 2.02. The molecule has 27 heavy (non-hydrogen) atoms. The topological polar surface area (TPSA) is 86.4 Å². The third-order valence-electron chi connectivity index (χ3n) is 4.92. The summed E-state index contributed by atoms with van der Waals surface area (Å²) in [6, 6.07) is 7.13. The molecule has 2 aromatic rings. The summed E-state index contributed by atoms with van der Waals surface area (Å²) in [7, 11) is -1.89. The van der Waals surface area contributed by atoms with Crippen LogP contribution in [0.4, 0.5) is 5.69 Å². The number of benzene rings is 1. The molecule has 3 rings (SSSR count). The number of H-pyrrole nitrogens is 1. The predicted molar refractivity (Wildman–Crippen MR) is 105 cm³/mol. The van der Waals surface area contributed by atoms with Gasteiger partial charge in [0.25, 0.3) is 0 Å². The van der Waals surface area contributed by atoms with Gasteiger partial charge in [-0.3, -0.25) is 14.2 Å². The summed E-state index contributed by atoms with van der Waals surface area (Å²) in [5, 5.41) is 7.44. The van der Waals surface area contributed by atoms with Gasteiger partial charge in [0, 0.05) is 12.7 Å². The zero-order chi connectivity index (χ0) is 19.6. The lowest BCUT2D eigenvalue weighted by Gasteiger charge is -2.25. The van der Waals surface area contributed by atoms with Crippen LogP contribution in [0.2, 0.25) is 0 Å². The van der Waals surface area contributed by atoms with Crippen LogP contribution in [0.15, 0.2) is 24.3 Å². The minimum absolute atomic E-state index is 0.231. The molecule has 0 saturated carbocycles. The van der Waals surface area contributed by atoms with E-state index in [2.05, 4.69) is 10.2 Å². The van der Waals surface area contributed by atoms with Crippen LogP contribution in [-0.4, -0.2) is 49.3 Å². The molecule has 0 unspecified atom stereocenters. The molecule has 0 fully saturated rings. The van der Waals surface area contributed by atoms with Crippen molar-refractivity contribution in [2.24, 2.45) is 0 Å². The number of likely N-dealkylation sites (N-methyl/N-ethyl adjacent to an activating group) is 1. The number of carbonyl (C=O) groups excluding carboxylic acids is 1. The van der Waals surface area contributed by atoms with E-state index in [-0.39, 0.29) is 12.5 Å². The van der Waals surface area contributed by atoms with Crippen LogP contribution in [0.3, 0.4) is 0 Å². The molecule has 8 heteroatoms. The van der Waals surface area contributed by atoms with Crippen molar-refractivity contribution in [2.45, 2.75) is 39.2 Å². The van der Waals surface area contributed by atoms with Crippen LogP contribution in [0.5, 0.6) is 0 Å². The molecule has 1 heterocycles. The Morgan fingerprint density at radius 2 is 2.00 bits per heavy atom. The Morgan fingerprint density at radius 1 is 1.26 bits per heavy atom. The molecule has 1 aliphatic carbocycles. The molecule has 0 radical (unpaired) electrons. The Morgan fingerprint density at radius 3 is 2.70 bits per heavy atom. The molecular formula is C19H26N4O3S. The van der Waals surface area contributed by atoms with E-state index in [9.17, 15) is 13.2 Å². The van der Waals surface area contributed by atoms with Gasteiger partial charge >= 0.3 is 0 Å². The number of rotatable bonds is 6. The van der Waals surface area contributed by atoms with E-state index in [1.807, 2.05) is 13.0 Å². The van der Waals surface area contributed by atoms with Crippen LogP contribution in [0, 0.1) is 6.92 Å². The first-order valence-corrected chi connectivity index (χ1v) is 10.9. The Kier molecular flexibility index (Phi) is 5.55. The van der Waals surface area contributed by atoms with Crippen molar-refractivity contribution in [2.75, 3.05) is 24.2 Å². The number of aryl methyl sites for hydroxylation is 2. The van der Waals surface area contributed by atoms with Crippen LogP contribution in [-0.2, 0) is 34.2 Å². The van der Waals surface area contributed by atoms with Crippen molar-refractivity contribution < 1.29 is 13.2 Å². The van der Waals surface area contributed by atoms with Gasteiger partial charge in [0.1, 0.15) is 6.54 Å². The molecule has 1 amide bonds. The Bertz CT molecular complexity index is 936. The van der Waals surface area contributed by atoms with Gasteiger partial charge < -0.3 is 4.90 Å². The minimum atomic E-state index is -3.58. The number of nitrogens with one attached hydrogen (secondary N) is 1. The van der Waals surface area contributed by atoms with Crippen LogP contribution in [0.1, 0.15) is 35.4 Å².